The van der Waals surface area contributed by atoms with Gasteiger partial charge in [0.1, 0.15) is 18.2 Å². The average Bonchev–Trinajstić information content (AvgIpc) is 2.72. The molecule has 4 N–H and O–H groups in total. The van der Waals surface area contributed by atoms with Crippen LogP contribution in [0, 0.1) is 5.41 Å². The number of benzene rings is 2. The summed E-state index contributed by atoms with van der Waals surface area (Å²) in [7, 11) is 1.60. The number of carbonyl (C=O) groups excluding carboxylic acids is 2. The van der Waals surface area contributed by atoms with Crippen LogP contribution in [-0.4, -0.2) is 44.3 Å². The van der Waals surface area contributed by atoms with E-state index < -0.39 is 23.8 Å². The summed E-state index contributed by atoms with van der Waals surface area (Å²) in [6, 6.07) is 11.1. The van der Waals surface area contributed by atoms with Crippen LogP contribution < -0.4 is 16.0 Å². The highest BCUT2D eigenvalue weighted by atomic mass is 19.4. The standard InChI is InChI=1S/C21H23F3N4O3/c1-28(17-4-2-3-15(13-17)21(22,23)24)10-12-31-18(9-11-29)20(30)27-16-7-5-14(6-8-16)19(25)26/h2-8,11,13,18H,9-10,12H2,1H3,(H3,25,26)(H,27,30). The second-order valence-corrected chi connectivity index (χ2v) is 6.71. The zero-order valence-electron chi connectivity index (χ0n) is 16.8. The number of nitrogen functional groups attached to an aromatic ring is 1. The second-order valence-electron chi connectivity index (χ2n) is 6.71. The molecule has 1 amide bonds. The molecule has 166 valence electrons. The highest BCUT2D eigenvalue weighted by Crippen LogP contribution is 2.31. The van der Waals surface area contributed by atoms with E-state index in [1.165, 1.54) is 12.1 Å². The maximum absolute atomic E-state index is 12.9. The molecular weight excluding hydrogens is 413 g/mol. The minimum Gasteiger partial charge on any atom is -0.384 e. The summed E-state index contributed by atoms with van der Waals surface area (Å²) in [5.41, 5.74) is 5.91. The van der Waals surface area contributed by atoms with E-state index in [1.807, 2.05) is 0 Å². The van der Waals surface area contributed by atoms with E-state index in [2.05, 4.69) is 5.32 Å². The number of likely N-dealkylation sites (N-methyl/N-ethyl adjacent to an activating group) is 1. The van der Waals surface area contributed by atoms with Crippen molar-refractivity contribution in [2.24, 2.45) is 5.73 Å². The smallest absolute Gasteiger partial charge is 0.384 e. The van der Waals surface area contributed by atoms with E-state index in [0.717, 1.165) is 12.1 Å². The third-order valence-corrected chi connectivity index (χ3v) is 4.43. The Bertz CT molecular complexity index is 917. The van der Waals surface area contributed by atoms with Crippen molar-refractivity contribution in [2.45, 2.75) is 18.7 Å². The summed E-state index contributed by atoms with van der Waals surface area (Å²) in [5.74, 6) is -0.644. The van der Waals surface area contributed by atoms with Gasteiger partial charge in [0.05, 0.1) is 12.2 Å². The molecule has 1 unspecified atom stereocenters. The van der Waals surface area contributed by atoms with Gasteiger partial charge in [0.2, 0.25) is 0 Å². The molecule has 7 nitrogen and oxygen atoms in total. The van der Waals surface area contributed by atoms with Crippen LogP contribution in [0.2, 0.25) is 0 Å². The van der Waals surface area contributed by atoms with E-state index in [4.69, 9.17) is 15.9 Å². The van der Waals surface area contributed by atoms with Gasteiger partial charge in [0.15, 0.2) is 0 Å². The molecule has 0 spiro atoms. The van der Waals surface area contributed by atoms with Crippen LogP contribution >= 0.6 is 0 Å². The third kappa shape index (κ3) is 7.10. The number of anilines is 2. The van der Waals surface area contributed by atoms with Gasteiger partial charge in [0, 0.05) is 37.0 Å². The molecule has 0 saturated carbocycles. The SMILES string of the molecule is CN(CCOC(CC=O)C(=O)Nc1ccc(C(=N)N)cc1)c1cccc(C(F)(F)F)c1. The fraction of sp³-hybridized carbons (Fsp3) is 0.286. The van der Waals surface area contributed by atoms with E-state index in [1.54, 1.807) is 36.2 Å². The summed E-state index contributed by atoms with van der Waals surface area (Å²) in [6.07, 6.45) is -5.12. The number of alkyl halides is 3. The molecule has 0 aliphatic carbocycles. The Labute approximate surface area is 177 Å². The van der Waals surface area contributed by atoms with Crippen LogP contribution in [0.15, 0.2) is 48.5 Å². The molecule has 0 bridgehead atoms. The van der Waals surface area contributed by atoms with Crippen molar-refractivity contribution in [3.8, 4) is 0 Å². The minimum atomic E-state index is -4.44. The summed E-state index contributed by atoms with van der Waals surface area (Å²) in [5, 5.41) is 9.97. The molecule has 0 aromatic heterocycles. The first kappa shape index (κ1) is 23.9. The van der Waals surface area contributed by atoms with Crippen molar-refractivity contribution < 1.29 is 27.5 Å². The number of amides is 1. The Hall–Kier alpha value is -3.40. The van der Waals surface area contributed by atoms with Crippen molar-refractivity contribution in [2.75, 3.05) is 30.4 Å². The number of rotatable bonds is 10. The maximum Gasteiger partial charge on any atom is 0.416 e. The van der Waals surface area contributed by atoms with Gasteiger partial charge >= 0.3 is 6.18 Å². The van der Waals surface area contributed by atoms with Crippen LogP contribution in [0.5, 0.6) is 0 Å². The molecule has 10 heteroatoms. The Morgan fingerprint density at radius 3 is 2.52 bits per heavy atom. The number of nitrogens with zero attached hydrogens (tertiary/aromatic N) is 1. The zero-order chi connectivity index (χ0) is 23.0. The molecule has 2 aromatic carbocycles. The lowest BCUT2D eigenvalue weighted by molar-refractivity contribution is -0.137. The van der Waals surface area contributed by atoms with Crippen LogP contribution in [0.4, 0.5) is 24.5 Å². The van der Waals surface area contributed by atoms with Crippen molar-refractivity contribution in [3.63, 3.8) is 0 Å². The van der Waals surface area contributed by atoms with Crippen LogP contribution in [0.3, 0.4) is 0 Å². The molecule has 0 aliphatic rings. The fourth-order valence-electron chi connectivity index (χ4n) is 2.67. The first-order chi connectivity index (χ1) is 14.6. The lowest BCUT2D eigenvalue weighted by atomic mass is 10.2. The summed E-state index contributed by atoms with van der Waals surface area (Å²) in [4.78, 5) is 24.9. The van der Waals surface area contributed by atoms with Crippen molar-refractivity contribution >= 4 is 29.4 Å². The fourth-order valence-corrected chi connectivity index (χ4v) is 2.67. The molecule has 31 heavy (non-hydrogen) atoms. The van der Waals surface area contributed by atoms with E-state index >= 15 is 0 Å². The predicted molar refractivity (Wildman–Crippen MR) is 111 cm³/mol. The number of carbonyl (C=O) groups is 2. The number of nitrogens with one attached hydrogen (secondary N) is 2. The highest BCUT2D eigenvalue weighted by molar-refractivity contribution is 5.97. The summed E-state index contributed by atoms with van der Waals surface area (Å²) in [6.45, 7) is 0.221. The van der Waals surface area contributed by atoms with Crippen LogP contribution in [-0.2, 0) is 20.5 Å². The molecule has 0 fully saturated rings. The Morgan fingerprint density at radius 1 is 1.26 bits per heavy atom. The van der Waals surface area contributed by atoms with Gasteiger partial charge in [-0.15, -0.1) is 0 Å². The lowest BCUT2D eigenvalue weighted by Crippen LogP contribution is -2.33. The van der Waals surface area contributed by atoms with Crippen LogP contribution in [0.1, 0.15) is 17.5 Å². The summed E-state index contributed by atoms with van der Waals surface area (Å²) >= 11 is 0. The molecule has 1 atom stereocenters. The first-order valence-electron chi connectivity index (χ1n) is 9.30. The van der Waals surface area contributed by atoms with Gasteiger partial charge in [-0.3, -0.25) is 10.2 Å². The largest absolute Gasteiger partial charge is 0.416 e. The molecule has 2 aromatic rings. The van der Waals surface area contributed by atoms with Crippen LogP contribution in [0.25, 0.3) is 0 Å². The maximum atomic E-state index is 12.9. The second kappa shape index (κ2) is 10.6. The Morgan fingerprint density at radius 2 is 1.94 bits per heavy atom. The first-order valence-corrected chi connectivity index (χ1v) is 9.30. The van der Waals surface area contributed by atoms with E-state index in [-0.39, 0.29) is 25.4 Å². The average molecular weight is 436 g/mol. The molecule has 0 heterocycles. The molecule has 2 rings (SSSR count). The normalized spacial score (nSPS) is 12.1. The number of hydrogen-bond donors (Lipinski definition) is 3. The van der Waals surface area contributed by atoms with Crippen molar-refractivity contribution in [1.82, 2.24) is 0 Å². The number of hydrogen-bond acceptors (Lipinski definition) is 5. The quantitative estimate of drug-likeness (QED) is 0.301. The molecule has 0 radical (unpaired) electrons. The van der Waals surface area contributed by atoms with Crippen molar-refractivity contribution in [1.29, 1.82) is 5.41 Å². The zero-order valence-corrected chi connectivity index (χ0v) is 16.8. The highest BCUT2D eigenvalue weighted by Gasteiger charge is 2.30. The minimum absolute atomic E-state index is 0.0158. The number of aldehydes is 1. The van der Waals surface area contributed by atoms with Crippen molar-refractivity contribution in [3.05, 3.63) is 59.7 Å². The van der Waals surface area contributed by atoms with Gasteiger partial charge in [-0.1, -0.05) is 6.07 Å². The Balaban J connectivity index is 1.93. The number of ether oxygens (including phenoxy) is 1. The van der Waals surface area contributed by atoms with Gasteiger partial charge in [-0.25, -0.2) is 0 Å². The Kier molecular flexibility index (Phi) is 8.14. The third-order valence-electron chi connectivity index (χ3n) is 4.43. The summed E-state index contributed by atoms with van der Waals surface area (Å²) < 4.78 is 44.1. The number of nitrogens with two attached hydrogens (primary N) is 1. The molecule has 0 aliphatic heterocycles. The van der Waals surface area contributed by atoms with E-state index in [0.29, 0.717) is 23.2 Å². The monoisotopic (exact) mass is 436 g/mol. The molecular formula is C21H23F3N4O3. The van der Waals surface area contributed by atoms with Gasteiger partial charge in [-0.2, -0.15) is 13.2 Å². The number of halogens is 3. The van der Waals surface area contributed by atoms with Gasteiger partial charge in [0.25, 0.3) is 5.91 Å². The lowest BCUT2D eigenvalue weighted by Gasteiger charge is -2.22. The van der Waals surface area contributed by atoms with E-state index in [9.17, 15) is 22.8 Å². The molecule has 0 saturated heterocycles. The van der Waals surface area contributed by atoms with Gasteiger partial charge in [-0.05, 0) is 42.5 Å². The number of amidine groups is 1. The topological polar surface area (TPSA) is 109 Å². The van der Waals surface area contributed by atoms with Gasteiger partial charge < -0.3 is 25.5 Å². The predicted octanol–water partition coefficient (Wildman–Crippen LogP) is 3.04.